The first-order chi connectivity index (χ1) is 9.88. The fourth-order valence-corrected chi connectivity index (χ4v) is 2.81. The summed E-state index contributed by atoms with van der Waals surface area (Å²) in [5.74, 6) is 1.58. The van der Waals surface area contributed by atoms with Gasteiger partial charge in [0, 0.05) is 22.2 Å². The number of aromatic nitrogens is 2. The second-order valence-electron chi connectivity index (χ2n) is 4.95. The van der Waals surface area contributed by atoms with Crippen molar-refractivity contribution in [2.75, 3.05) is 6.79 Å². The lowest BCUT2D eigenvalue weighted by Gasteiger charge is -1.98. The minimum Gasteiger partial charge on any atom is -0.454 e. The van der Waals surface area contributed by atoms with Gasteiger partial charge in [-0.05, 0) is 18.2 Å². The molecule has 0 saturated carbocycles. The van der Waals surface area contributed by atoms with Gasteiger partial charge in [-0.3, -0.25) is 0 Å². The van der Waals surface area contributed by atoms with Crippen LogP contribution in [0.5, 0.6) is 11.5 Å². The van der Waals surface area contributed by atoms with Crippen LogP contribution < -0.4 is 9.47 Å². The average Bonchev–Trinajstić information content (AvgIpc) is 3.05. The Morgan fingerprint density at radius 1 is 0.950 bits per heavy atom. The van der Waals surface area contributed by atoms with Crippen LogP contribution in [-0.2, 0) is 0 Å². The second kappa shape index (κ2) is 3.42. The molecule has 3 heterocycles. The molecule has 0 saturated heterocycles. The zero-order chi connectivity index (χ0) is 13.1. The van der Waals surface area contributed by atoms with Gasteiger partial charge >= 0.3 is 0 Å². The molecule has 0 aliphatic carbocycles. The number of nitrogens with zero attached hydrogens (tertiary/aromatic N) is 1. The summed E-state index contributed by atoms with van der Waals surface area (Å²) < 4.78 is 10.9. The normalized spacial score (nSPS) is 13.6. The molecule has 1 aliphatic heterocycles. The average molecular weight is 262 g/mol. The highest BCUT2D eigenvalue weighted by Crippen LogP contribution is 2.38. The van der Waals surface area contributed by atoms with Crippen LogP contribution in [0, 0.1) is 0 Å². The van der Waals surface area contributed by atoms with Gasteiger partial charge in [0.25, 0.3) is 0 Å². The van der Waals surface area contributed by atoms with E-state index in [0.29, 0.717) is 6.79 Å². The lowest BCUT2D eigenvalue weighted by atomic mass is 10.1. The molecular weight excluding hydrogens is 252 g/mol. The highest BCUT2D eigenvalue weighted by atomic mass is 16.7. The van der Waals surface area contributed by atoms with E-state index in [-0.39, 0.29) is 0 Å². The van der Waals surface area contributed by atoms with Crippen molar-refractivity contribution < 1.29 is 9.47 Å². The van der Waals surface area contributed by atoms with Crippen LogP contribution in [0.2, 0.25) is 0 Å². The summed E-state index contributed by atoms with van der Waals surface area (Å²) in [4.78, 5) is 8.03. The van der Waals surface area contributed by atoms with Crippen molar-refractivity contribution in [3.05, 3.63) is 42.5 Å². The van der Waals surface area contributed by atoms with Gasteiger partial charge in [-0.1, -0.05) is 18.2 Å². The number of benzene rings is 2. The van der Waals surface area contributed by atoms with Crippen molar-refractivity contribution in [1.29, 1.82) is 0 Å². The molecule has 0 atom stereocenters. The number of hydrogen-bond donors (Lipinski definition) is 1. The maximum atomic E-state index is 5.46. The van der Waals surface area contributed by atoms with E-state index in [1.807, 2.05) is 30.3 Å². The van der Waals surface area contributed by atoms with E-state index in [2.05, 4.69) is 22.1 Å². The Morgan fingerprint density at radius 3 is 2.75 bits per heavy atom. The Balaban J connectivity index is 1.95. The first-order valence-electron chi connectivity index (χ1n) is 6.49. The van der Waals surface area contributed by atoms with E-state index in [4.69, 9.17) is 9.47 Å². The zero-order valence-electron chi connectivity index (χ0n) is 10.5. The summed E-state index contributed by atoms with van der Waals surface area (Å²) in [6, 6.07) is 14.3. The number of fused-ring (bicyclic) bond motifs is 5. The van der Waals surface area contributed by atoms with Crippen LogP contribution in [0.1, 0.15) is 0 Å². The Bertz CT molecular complexity index is 988. The quantitative estimate of drug-likeness (QED) is 0.526. The maximum Gasteiger partial charge on any atom is 0.231 e. The number of para-hydroxylation sites is 1. The smallest absolute Gasteiger partial charge is 0.231 e. The van der Waals surface area contributed by atoms with Crippen molar-refractivity contribution in [3.63, 3.8) is 0 Å². The van der Waals surface area contributed by atoms with Crippen molar-refractivity contribution in [3.8, 4) is 11.5 Å². The molecule has 0 spiro atoms. The van der Waals surface area contributed by atoms with Crippen LogP contribution in [0.4, 0.5) is 0 Å². The van der Waals surface area contributed by atoms with Crippen molar-refractivity contribution in [2.24, 2.45) is 0 Å². The number of ether oxygens (including phenoxy) is 2. The monoisotopic (exact) mass is 262 g/mol. The summed E-state index contributed by atoms with van der Waals surface area (Å²) >= 11 is 0. The maximum absolute atomic E-state index is 5.46. The number of nitrogens with one attached hydrogen (secondary N) is 1. The molecule has 1 aliphatic rings. The van der Waals surface area contributed by atoms with Gasteiger partial charge in [0.05, 0.1) is 11.0 Å². The molecule has 5 rings (SSSR count). The fourth-order valence-electron chi connectivity index (χ4n) is 2.81. The molecule has 1 N–H and O–H groups in total. The van der Waals surface area contributed by atoms with Crippen LogP contribution in [0.3, 0.4) is 0 Å². The number of hydrogen-bond acceptors (Lipinski definition) is 3. The fraction of sp³-hybridized carbons (Fsp3) is 0.0625. The molecule has 4 nitrogen and oxygen atoms in total. The summed E-state index contributed by atoms with van der Waals surface area (Å²) in [6.45, 7) is 0.293. The molecule has 4 heteroatoms. The lowest BCUT2D eigenvalue weighted by Crippen LogP contribution is -1.92. The van der Waals surface area contributed by atoms with Gasteiger partial charge in [-0.25, -0.2) is 4.98 Å². The number of H-pyrrole nitrogens is 1. The molecule has 0 bridgehead atoms. The number of pyridine rings is 1. The Hall–Kier alpha value is -2.75. The first-order valence-corrected chi connectivity index (χ1v) is 6.49. The third kappa shape index (κ3) is 1.23. The third-order valence-corrected chi connectivity index (χ3v) is 3.78. The van der Waals surface area contributed by atoms with Gasteiger partial charge in [-0.2, -0.15) is 0 Å². The summed E-state index contributed by atoms with van der Waals surface area (Å²) in [6.07, 6.45) is 0. The predicted molar refractivity (Wildman–Crippen MR) is 77.2 cm³/mol. The number of aromatic amines is 1. The number of rotatable bonds is 0. The summed E-state index contributed by atoms with van der Waals surface area (Å²) in [5, 5.41) is 3.36. The van der Waals surface area contributed by atoms with E-state index in [9.17, 15) is 0 Å². The Kier molecular flexibility index (Phi) is 1.72. The minimum absolute atomic E-state index is 0.293. The third-order valence-electron chi connectivity index (χ3n) is 3.78. The minimum atomic E-state index is 0.293. The topological polar surface area (TPSA) is 47.1 Å². The molecule has 0 unspecified atom stereocenters. The molecule has 0 amide bonds. The van der Waals surface area contributed by atoms with Gasteiger partial charge in [-0.15, -0.1) is 0 Å². The molecule has 2 aromatic carbocycles. The van der Waals surface area contributed by atoms with E-state index in [1.54, 1.807) is 0 Å². The molecule has 0 radical (unpaired) electrons. The molecular formula is C16H10N2O2. The standard InChI is InChI=1S/C16H10N2O2/c1-2-4-12-9(3-1)5-11-10-6-14-15(20-8-19-14)7-13(10)18-16(11)17-12/h1-7H,8H2,(H,17,18). The van der Waals surface area contributed by atoms with Crippen LogP contribution in [0.15, 0.2) is 42.5 Å². The van der Waals surface area contributed by atoms with Crippen LogP contribution >= 0.6 is 0 Å². The van der Waals surface area contributed by atoms with Gasteiger partial charge in [0.15, 0.2) is 11.5 Å². The van der Waals surface area contributed by atoms with Crippen molar-refractivity contribution in [1.82, 2.24) is 9.97 Å². The van der Waals surface area contributed by atoms with Gasteiger partial charge in [0.2, 0.25) is 6.79 Å². The molecule has 20 heavy (non-hydrogen) atoms. The molecule has 96 valence electrons. The Morgan fingerprint density at radius 2 is 1.80 bits per heavy atom. The largest absolute Gasteiger partial charge is 0.454 e. The summed E-state index contributed by atoms with van der Waals surface area (Å²) in [7, 11) is 0. The van der Waals surface area contributed by atoms with E-state index in [1.165, 1.54) is 0 Å². The van der Waals surface area contributed by atoms with Crippen LogP contribution in [-0.4, -0.2) is 16.8 Å². The highest BCUT2D eigenvalue weighted by Gasteiger charge is 2.17. The summed E-state index contributed by atoms with van der Waals surface area (Å²) in [5.41, 5.74) is 2.90. The zero-order valence-corrected chi connectivity index (χ0v) is 10.5. The molecule has 0 fully saturated rings. The van der Waals surface area contributed by atoms with E-state index in [0.717, 1.165) is 44.3 Å². The van der Waals surface area contributed by atoms with Crippen molar-refractivity contribution >= 4 is 32.8 Å². The van der Waals surface area contributed by atoms with E-state index < -0.39 is 0 Å². The SMILES string of the molecule is c1ccc2nc3[nH]c4cc5c(cc4c3cc2c1)OCO5. The van der Waals surface area contributed by atoms with E-state index >= 15 is 0 Å². The predicted octanol–water partition coefficient (Wildman–Crippen LogP) is 3.60. The lowest BCUT2D eigenvalue weighted by molar-refractivity contribution is 0.174. The Labute approximate surface area is 113 Å². The van der Waals surface area contributed by atoms with Gasteiger partial charge < -0.3 is 14.5 Å². The first kappa shape index (κ1) is 10.1. The molecule has 2 aromatic heterocycles. The second-order valence-corrected chi connectivity index (χ2v) is 4.95. The van der Waals surface area contributed by atoms with Gasteiger partial charge in [0.1, 0.15) is 5.65 Å². The van der Waals surface area contributed by atoms with Crippen molar-refractivity contribution in [2.45, 2.75) is 0 Å². The highest BCUT2D eigenvalue weighted by molar-refractivity contribution is 6.10. The van der Waals surface area contributed by atoms with Crippen LogP contribution in [0.25, 0.3) is 32.8 Å². The molecule has 4 aromatic rings.